The number of hydrogen-bond acceptors (Lipinski definition) is 3. The van der Waals surface area contributed by atoms with Crippen molar-refractivity contribution in [2.24, 2.45) is 11.8 Å². The number of para-hydroxylation sites is 2. The lowest BCUT2D eigenvalue weighted by Crippen LogP contribution is -2.35. The van der Waals surface area contributed by atoms with Crippen LogP contribution in [0.1, 0.15) is 24.0 Å². The monoisotopic (exact) mass is 336 g/mol. The molecule has 1 aliphatic carbocycles. The number of nitrogens with zero attached hydrogens (tertiary/aromatic N) is 1. The van der Waals surface area contributed by atoms with Gasteiger partial charge in [0.2, 0.25) is 0 Å². The third-order valence-corrected chi connectivity index (χ3v) is 5.83. The molecule has 0 unspecified atom stereocenters. The van der Waals surface area contributed by atoms with Crippen LogP contribution in [0.5, 0.6) is 0 Å². The van der Waals surface area contributed by atoms with Gasteiger partial charge in [0.1, 0.15) is 0 Å². The molecule has 2 aromatic rings. The smallest absolute Gasteiger partial charge is 0.0602 e. The highest BCUT2D eigenvalue weighted by Gasteiger charge is 2.23. The first-order chi connectivity index (χ1) is 12.3. The summed E-state index contributed by atoms with van der Waals surface area (Å²) in [5, 5.41) is 13.1. The van der Waals surface area contributed by atoms with Crippen molar-refractivity contribution in [1.82, 2.24) is 0 Å². The van der Waals surface area contributed by atoms with Gasteiger partial charge in [-0.05, 0) is 60.8 Å². The van der Waals surface area contributed by atoms with E-state index in [1.54, 1.807) is 0 Å². The normalized spacial score (nSPS) is 18.4. The number of aliphatic hydroxyl groups excluding tert-OH is 1. The van der Waals surface area contributed by atoms with E-state index in [0.29, 0.717) is 18.4 Å². The summed E-state index contributed by atoms with van der Waals surface area (Å²) in [4.78, 5) is 2.47. The SMILES string of the molecule is OCC1CCN(c2ccccc2NCC2Cc3ccccc3C2)CC1. The maximum Gasteiger partial charge on any atom is 0.0602 e. The second-order valence-electron chi connectivity index (χ2n) is 7.55. The first kappa shape index (κ1) is 16.5. The molecule has 4 rings (SSSR count). The first-order valence-corrected chi connectivity index (χ1v) is 9.59. The molecule has 0 spiro atoms. The molecule has 2 aromatic carbocycles. The Balaban J connectivity index is 1.39. The zero-order valence-electron chi connectivity index (χ0n) is 14.8. The predicted octanol–water partition coefficient (Wildman–Crippen LogP) is 3.72. The van der Waals surface area contributed by atoms with Gasteiger partial charge in [-0.2, -0.15) is 0 Å². The topological polar surface area (TPSA) is 35.5 Å². The quantitative estimate of drug-likeness (QED) is 0.873. The van der Waals surface area contributed by atoms with Gasteiger partial charge in [0, 0.05) is 26.2 Å². The van der Waals surface area contributed by atoms with Gasteiger partial charge in [-0.3, -0.25) is 0 Å². The molecule has 25 heavy (non-hydrogen) atoms. The molecule has 0 saturated carbocycles. The summed E-state index contributed by atoms with van der Waals surface area (Å²) in [7, 11) is 0. The summed E-state index contributed by atoms with van der Waals surface area (Å²) in [5.74, 6) is 1.17. The molecule has 3 heteroatoms. The summed E-state index contributed by atoms with van der Waals surface area (Å²) >= 11 is 0. The molecule has 0 radical (unpaired) electrons. The Morgan fingerprint density at radius 2 is 1.52 bits per heavy atom. The van der Waals surface area contributed by atoms with E-state index in [9.17, 15) is 5.11 Å². The number of anilines is 2. The van der Waals surface area contributed by atoms with Crippen molar-refractivity contribution in [2.45, 2.75) is 25.7 Å². The van der Waals surface area contributed by atoms with Crippen molar-refractivity contribution < 1.29 is 5.11 Å². The van der Waals surface area contributed by atoms with E-state index in [1.807, 2.05) is 0 Å². The molecule has 2 N–H and O–H groups in total. The third-order valence-electron chi connectivity index (χ3n) is 5.83. The van der Waals surface area contributed by atoms with Crippen LogP contribution in [0.2, 0.25) is 0 Å². The molecule has 0 bridgehead atoms. The molecule has 1 aliphatic heterocycles. The second-order valence-corrected chi connectivity index (χ2v) is 7.55. The molecular weight excluding hydrogens is 308 g/mol. The fourth-order valence-electron chi connectivity index (χ4n) is 4.30. The van der Waals surface area contributed by atoms with Gasteiger partial charge in [-0.1, -0.05) is 36.4 Å². The highest BCUT2D eigenvalue weighted by molar-refractivity contribution is 5.70. The minimum absolute atomic E-state index is 0.329. The Labute approximate surface area is 150 Å². The van der Waals surface area contributed by atoms with Crippen LogP contribution < -0.4 is 10.2 Å². The van der Waals surface area contributed by atoms with Crippen LogP contribution in [0.25, 0.3) is 0 Å². The lowest BCUT2D eigenvalue weighted by Gasteiger charge is -2.34. The van der Waals surface area contributed by atoms with Gasteiger partial charge >= 0.3 is 0 Å². The summed E-state index contributed by atoms with van der Waals surface area (Å²) in [6.45, 7) is 3.44. The Bertz CT molecular complexity index is 682. The van der Waals surface area contributed by atoms with E-state index in [2.05, 4.69) is 58.7 Å². The van der Waals surface area contributed by atoms with Crippen molar-refractivity contribution in [1.29, 1.82) is 0 Å². The van der Waals surface area contributed by atoms with E-state index in [0.717, 1.165) is 32.5 Å². The highest BCUT2D eigenvalue weighted by atomic mass is 16.3. The minimum atomic E-state index is 0.329. The standard InChI is InChI=1S/C22H28N2O/c25-16-17-9-11-24(12-10-17)22-8-4-3-7-21(22)23-15-18-13-19-5-1-2-6-20(19)14-18/h1-8,17-18,23,25H,9-16H2. The van der Waals surface area contributed by atoms with Crippen molar-refractivity contribution in [3.63, 3.8) is 0 Å². The van der Waals surface area contributed by atoms with Crippen LogP contribution in [0.3, 0.4) is 0 Å². The second kappa shape index (κ2) is 7.49. The molecule has 0 amide bonds. The van der Waals surface area contributed by atoms with E-state index >= 15 is 0 Å². The van der Waals surface area contributed by atoms with Crippen LogP contribution in [-0.2, 0) is 12.8 Å². The Hall–Kier alpha value is -2.00. The number of benzene rings is 2. The molecule has 1 heterocycles. The van der Waals surface area contributed by atoms with Crippen molar-refractivity contribution in [3.05, 3.63) is 59.7 Å². The number of hydrogen-bond donors (Lipinski definition) is 2. The minimum Gasteiger partial charge on any atom is -0.396 e. The van der Waals surface area contributed by atoms with Gasteiger partial charge in [0.25, 0.3) is 0 Å². The van der Waals surface area contributed by atoms with Gasteiger partial charge in [-0.15, -0.1) is 0 Å². The van der Waals surface area contributed by atoms with Crippen LogP contribution in [0, 0.1) is 11.8 Å². The van der Waals surface area contributed by atoms with E-state index in [-0.39, 0.29) is 0 Å². The molecule has 1 saturated heterocycles. The van der Waals surface area contributed by atoms with Crippen LogP contribution in [-0.4, -0.2) is 31.3 Å². The average Bonchev–Trinajstić information content (AvgIpc) is 3.10. The summed E-state index contributed by atoms with van der Waals surface area (Å²) in [6, 6.07) is 17.5. The molecule has 132 valence electrons. The Kier molecular flexibility index (Phi) is 4.93. The molecular formula is C22H28N2O. The Morgan fingerprint density at radius 1 is 0.880 bits per heavy atom. The molecule has 0 aromatic heterocycles. The molecule has 2 aliphatic rings. The van der Waals surface area contributed by atoms with Crippen LogP contribution in [0.4, 0.5) is 11.4 Å². The molecule has 0 atom stereocenters. The van der Waals surface area contributed by atoms with Crippen molar-refractivity contribution >= 4 is 11.4 Å². The van der Waals surface area contributed by atoms with Gasteiger partial charge in [-0.25, -0.2) is 0 Å². The summed E-state index contributed by atoms with van der Waals surface area (Å²) < 4.78 is 0. The zero-order chi connectivity index (χ0) is 17.1. The lowest BCUT2D eigenvalue weighted by atomic mass is 9.97. The Morgan fingerprint density at radius 3 is 2.20 bits per heavy atom. The molecule has 1 fully saturated rings. The van der Waals surface area contributed by atoms with Crippen LogP contribution >= 0.6 is 0 Å². The first-order valence-electron chi connectivity index (χ1n) is 9.59. The van der Waals surface area contributed by atoms with Gasteiger partial charge in [0.05, 0.1) is 11.4 Å². The van der Waals surface area contributed by atoms with Crippen LogP contribution in [0.15, 0.2) is 48.5 Å². The number of rotatable bonds is 5. The van der Waals surface area contributed by atoms with Crippen molar-refractivity contribution in [3.8, 4) is 0 Å². The fourth-order valence-corrected chi connectivity index (χ4v) is 4.30. The number of nitrogens with one attached hydrogen (secondary N) is 1. The fraction of sp³-hybridized carbons (Fsp3) is 0.455. The number of fused-ring (bicyclic) bond motifs is 1. The third kappa shape index (κ3) is 3.67. The largest absolute Gasteiger partial charge is 0.396 e. The predicted molar refractivity (Wildman–Crippen MR) is 104 cm³/mol. The van der Waals surface area contributed by atoms with Gasteiger partial charge in [0.15, 0.2) is 0 Å². The van der Waals surface area contributed by atoms with Gasteiger partial charge < -0.3 is 15.3 Å². The summed E-state index contributed by atoms with van der Waals surface area (Å²) in [6.07, 6.45) is 4.55. The average molecular weight is 336 g/mol. The van der Waals surface area contributed by atoms with Crippen molar-refractivity contribution in [2.75, 3.05) is 36.5 Å². The van der Waals surface area contributed by atoms with E-state index < -0.39 is 0 Å². The maximum absolute atomic E-state index is 9.35. The van der Waals surface area contributed by atoms with E-state index in [4.69, 9.17) is 0 Å². The van der Waals surface area contributed by atoms with E-state index in [1.165, 1.54) is 35.3 Å². The highest BCUT2D eigenvalue weighted by Crippen LogP contribution is 2.31. The zero-order valence-corrected chi connectivity index (χ0v) is 14.8. The number of piperidine rings is 1. The number of aliphatic hydroxyl groups is 1. The summed E-state index contributed by atoms with van der Waals surface area (Å²) in [5.41, 5.74) is 5.61. The maximum atomic E-state index is 9.35. The lowest BCUT2D eigenvalue weighted by molar-refractivity contribution is 0.203. The molecule has 3 nitrogen and oxygen atoms in total.